The van der Waals surface area contributed by atoms with E-state index in [1.165, 1.54) is 0 Å². The van der Waals surface area contributed by atoms with E-state index in [1.807, 2.05) is 54.6 Å². The van der Waals surface area contributed by atoms with E-state index < -0.39 is 11.8 Å². The predicted molar refractivity (Wildman–Crippen MR) is 145 cm³/mol. The van der Waals surface area contributed by atoms with Crippen LogP contribution in [-0.2, 0) is 16.2 Å². The molecule has 1 aliphatic heterocycles. The Morgan fingerprint density at radius 1 is 0.744 bits per heavy atom. The van der Waals surface area contributed by atoms with Crippen molar-refractivity contribution < 1.29 is 14.3 Å². The molecule has 1 fully saturated rings. The monoisotopic (exact) mass is 509 g/mol. The Bertz CT molecular complexity index is 1590. The van der Waals surface area contributed by atoms with Gasteiger partial charge in [0.05, 0.1) is 29.7 Å². The molecule has 39 heavy (non-hydrogen) atoms. The van der Waals surface area contributed by atoms with Gasteiger partial charge in [-0.05, 0) is 58.1 Å². The van der Waals surface area contributed by atoms with E-state index >= 15 is 0 Å². The van der Waals surface area contributed by atoms with Crippen molar-refractivity contribution in [2.24, 2.45) is 16.9 Å². The van der Waals surface area contributed by atoms with E-state index in [4.69, 9.17) is 4.74 Å². The molecule has 8 rings (SSSR count). The highest BCUT2D eigenvalue weighted by Gasteiger charge is 2.61. The number of hydrazone groups is 1. The Hall–Kier alpha value is -5.02. The number of hydrogen-bond acceptors (Lipinski definition) is 5. The zero-order valence-corrected chi connectivity index (χ0v) is 20.9. The van der Waals surface area contributed by atoms with Crippen LogP contribution in [0.5, 0.6) is 5.75 Å². The van der Waals surface area contributed by atoms with Crippen molar-refractivity contribution in [1.29, 1.82) is 5.26 Å². The van der Waals surface area contributed by atoms with E-state index in [0.29, 0.717) is 11.3 Å². The number of rotatable bonds is 5. The van der Waals surface area contributed by atoms with Crippen molar-refractivity contribution in [3.05, 3.63) is 136 Å². The van der Waals surface area contributed by atoms with Crippen LogP contribution in [0.4, 0.5) is 0 Å². The summed E-state index contributed by atoms with van der Waals surface area (Å²) >= 11 is 0. The summed E-state index contributed by atoms with van der Waals surface area (Å²) in [5.41, 5.74) is 6.71. The molecule has 0 aromatic heterocycles. The first-order valence-electron chi connectivity index (χ1n) is 13.0. The number of nitriles is 1. The molecule has 2 amide bonds. The maximum atomic E-state index is 13.7. The van der Waals surface area contributed by atoms with E-state index in [0.717, 1.165) is 38.4 Å². The van der Waals surface area contributed by atoms with Crippen LogP contribution in [0.1, 0.15) is 50.8 Å². The maximum absolute atomic E-state index is 13.7. The summed E-state index contributed by atoms with van der Waals surface area (Å²) in [6, 6.07) is 33.1. The Balaban J connectivity index is 1.12. The molecule has 0 radical (unpaired) electrons. The summed E-state index contributed by atoms with van der Waals surface area (Å²) < 4.78 is 5.84. The molecule has 0 saturated carbocycles. The molecule has 4 aromatic rings. The van der Waals surface area contributed by atoms with Crippen molar-refractivity contribution in [1.82, 2.24) is 5.01 Å². The van der Waals surface area contributed by atoms with Crippen molar-refractivity contribution in [3.8, 4) is 11.8 Å². The molecule has 3 aliphatic carbocycles. The number of hydrogen-bond donors (Lipinski definition) is 0. The summed E-state index contributed by atoms with van der Waals surface area (Å²) in [5, 5.41) is 14.7. The fourth-order valence-electron chi connectivity index (χ4n) is 6.47. The molecular weight excluding hydrogens is 486 g/mol. The summed E-state index contributed by atoms with van der Waals surface area (Å²) in [4.78, 5) is 27.3. The van der Waals surface area contributed by atoms with Gasteiger partial charge in [-0.2, -0.15) is 15.4 Å². The third-order valence-corrected chi connectivity index (χ3v) is 8.16. The van der Waals surface area contributed by atoms with Gasteiger partial charge in [0.2, 0.25) is 0 Å². The van der Waals surface area contributed by atoms with Gasteiger partial charge in [-0.15, -0.1) is 0 Å². The average Bonchev–Trinajstić information content (AvgIpc) is 3.25. The van der Waals surface area contributed by atoms with Gasteiger partial charge in [-0.25, -0.2) is 0 Å². The topological polar surface area (TPSA) is 82.8 Å². The van der Waals surface area contributed by atoms with Gasteiger partial charge in [0.25, 0.3) is 11.8 Å². The molecule has 0 spiro atoms. The molecule has 6 nitrogen and oxygen atoms in total. The fraction of sp³-hybridized carbons (Fsp3) is 0.152. The lowest BCUT2D eigenvalue weighted by molar-refractivity contribution is -0.139. The number of nitrogens with zero attached hydrogens (tertiary/aromatic N) is 3. The van der Waals surface area contributed by atoms with Crippen molar-refractivity contribution in [2.45, 2.75) is 18.4 Å². The molecule has 1 saturated heterocycles. The second-order valence-electron chi connectivity index (χ2n) is 10.1. The van der Waals surface area contributed by atoms with Gasteiger partial charge in [0, 0.05) is 17.4 Å². The lowest BCUT2D eigenvalue weighted by Gasteiger charge is -2.45. The number of ether oxygens (including phenoxy) is 1. The van der Waals surface area contributed by atoms with Crippen LogP contribution in [0.3, 0.4) is 0 Å². The molecular formula is C33H23N3O3. The summed E-state index contributed by atoms with van der Waals surface area (Å²) in [7, 11) is 0. The molecule has 0 unspecified atom stereocenters. The third-order valence-electron chi connectivity index (χ3n) is 8.16. The minimum Gasteiger partial charge on any atom is -0.489 e. The molecule has 2 atom stereocenters. The summed E-state index contributed by atoms with van der Waals surface area (Å²) in [6.07, 6.45) is 1.55. The second kappa shape index (κ2) is 9.07. The Morgan fingerprint density at radius 2 is 1.26 bits per heavy atom. The van der Waals surface area contributed by atoms with Crippen LogP contribution in [0.2, 0.25) is 0 Å². The standard InChI is InChI=1S/C33H23N3O3/c34-17-21-7-1-2-8-22(21)19-39-23-15-13-20(14-16-23)18-35-36-32(37)30-28-24-9-3-4-10-25(24)29(31(30)33(36)38)27-12-6-5-11-26(27)28/h1-16,18,28-31H,19H2/b35-18-/t28?,29?,30-,31-/m0/s1. The molecule has 1 heterocycles. The van der Waals surface area contributed by atoms with Crippen molar-refractivity contribution >= 4 is 18.0 Å². The highest BCUT2D eigenvalue weighted by Crippen LogP contribution is 2.60. The fourth-order valence-corrected chi connectivity index (χ4v) is 6.47. The minimum absolute atomic E-state index is 0.147. The number of imide groups is 1. The largest absolute Gasteiger partial charge is 0.489 e. The van der Waals surface area contributed by atoms with E-state index in [9.17, 15) is 14.9 Å². The first-order chi connectivity index (χ1) is 19.2. The third kappa shape index (κ3) is 3.58. The van der Waals surface area contributed by atoms with Gasteiger partial charge < -0.3 is 4.74 Å². The van der Waals surface area contributed by atoms with E-state index in [-0.39, 0.29) is 30.3 Å². The normalized spacial score (nSPS) is 22.4. The first kappa shape index (κ1) is 23.1. The molecule has 188 valence electrons. The van der Waals surface area contributed by atoms with Crippen LogP contribution in [0.15, 0.2) is 102 Å². The van der Waals surface area contributed by atoms with Gasteiger partial charge >= 0.3 is 0 Å². The van der Waals surface area contributed by atoms with Gasteiger partial charge in [0.1, 0.15) is 12.4 Å². The Kier molecular flexibility index (Phi) is 5.38. The van der Waals surface area contributed by atoms with Crippen LogP contribution in [-0.4, -0.2) is 23.0 Å². The highest BCUT2D eigenvalue weighted by atomic mass is 16.5. The smallest absolute Gasteiger partial charge is 0.254 e. The van der Waals surface area contributed by atoms with E-state index in [2.05, 4.69) is 35.4 Å². The Labute approximate surface area is 225 Å². The molecule has 4 aromatic carbocycles. The lowest BCUT2D eigenvalue weighted by atomic mass is 9.55. The highest BCUT2D eigenvalue weighted by molar-refractivity contribution is 6.08. The minimum atomic E-state index is -0.448. The van der Waals surface area contributed by atoms with Crippen LogP contribution >= 0.6 is 0 Å². The molecule has 2 bridgehead atoms. The van der Waals surface area contributed by atoms with Crippen LogP contribution in [0.25, 0.3) is 0 Å². The van der Waals surface area contributed by atoms with Gasteiger partial charge in [0.15, 0.2) is 0 Å². The number of carbonyl (C=O) groups is 2. The zero-order valence-electron chi connectivity index (χ0n) is 20.9. The average molecular weight is 510 g/mol. The maximum Gasteiger partial charge on any atom is 0.254 e. The Morgan fingerprint density at radius 3 is 1.79 bits per heavy atom. The lowest BCUT2D eigenvalue weighted by Crippen LogP contribution is -2.41. The second-order valence-corrected chi connectivity index (χ2v) is 10.1. The van der Waals surface area contributed by atoms with Crippen molar-refractivity contribution in [2.75, 3.05) is 0 Å². The van der Waals surface area contributed by atoms with Crippen LogP contribution in [0, 0.1) is 23.2 Å². The van der Waals surface area contributed by atoms with Gasteiger partial charge in [-0.1, -0.05) is 66.7 Å². The first-order valence-corrected chi connectivity index (χ1v) is 13.0. The SMILES string of the molecule is N#Cc1ccccc1COc1ccc(/C=N\N2C(=O)[C@H]3C4c5ccccc5C(c5ccccc54)[C@@H]3C2=O)cc1. The van der Waals surface area contributed by atoms with Gasteiger partial charge in [-0.3, -0.25) is 9.59 Å². The van der Waals surface area contributed by atoms with Crippen LogP contribution < -0.4 is 4.74 Å². The molecule has 4 aliphatic rings. The summed E-state index contributed by atoms with van der Waals surface area (Å²) in [5.74, 6) is -1.02. The van der Waals surface area contributed by atoms with Crippen molar-refractivity contribution in [3.63, 3.8) is 0 Å². The predicted octanol–water partition coefficient (Wildman–Crippen LogP) is 5.36. The molecule has 6 heteroatoms. The number of carbonyl (C=O) groups excluding carboxylic acids is 2. The quantitative estimate of drug-likeness (QED) is 0.268. The number of benzene rings is 4. The van der Waals surface area contributed by atoms with E-state index in [1.54, 1.807) is 24.4 Å². The number of amides is 2. The summed E-state index contributed by atoms with van der Waals surface area (Å²) in [6.45, 7) is 0.282. The molecule has 0 N–H and O–H groups in total. The zero-order chi connectivity index (χ0) is 26.5.